The Labute approximate surface area is 189 Å². The summed E-state index contributed by atoms with van der Waals surface area (Å²) in [6.07, 6.45) is 10.1. The molecule has 0 spiro atoms. The molecule has 0 unspecified atom stereocenters. The zero-order valence-corrected chi connectivity index (χ0v) is 19.1. The number of ether oxygens (including phenoxy) is 1. The maximum Gasteiger partial charge on any atom is 0.223 e. The zero-order chi connectivity index (χ0) is 21.7. The van der Waals surface area contributed by atoms with E-state index in [1.165, 1.54) is 12.8 Å². The van der Waals surface area contributed by atoms with Gasteiger partial charge in [0.25, 0.3) is 0 Å². The summed E-state index contributed by atoms with van der Waals surface area (Å²) in [4.78, 5) is 17.8. The van der Waals surface area contributed by atoms with Crippen LogP contribution in [-0.4, -0.2) is 58.8 Å². The Kier molecular flexibility index (Phi) is 7.20. The quantitative estimate of drug-likeness (QED) is 0.475. The van der Waals surface area contributed by atoms with Crippen molar-refractivity contribution in [2.75, 3.05) is 37.4 Å². The molecule has 0 amide bonds. The van der Waals surface area contributed by atoms with Crippen LogP contribution >= 0.6 is 11.6 Å². The van der Waals surface area contributed by atoms with Crippen LogP contribution in [0.1, 0.15) is 45.4 Å². The van der Waals surface area contributed by atoms with Crippen molar-refractivity contribution in [2.45, 2.75) is 57.5 Å². The van der Waals surface area contributed by atoms with E-state index in [0.29, 0.717) is 39.9 Å². The first-order chi connectivity index (χ1) is 15.0. The molecular formula is C22H32ClN7O. The third-order valence-electron chi connectivity index (χ3n) is 6.25. The lowest BCUT2D eigenvalue weighted by molar-refractivity contribution is 0.191. The van der Waals surface area contributed by atoms with Crippen molar-refractivity contribution in [3.8, 4) is 11.4 Å². The second kappa shape index (κ2) is 10.1. The van der Waals surface area contributed by atoms with E-state index in [-0.39, 0.29) is 0 Å². The lowest BCUT2D eigenvalue weighted by atomic mass is 9.91. The highest BCUT2D eigenvalue weighted by Crippen LogP contribution is 2.44. The van der Waals surface area contributed by atoms with E-state index >= 15 is 0 Å². The fourth-order valence-electron chi connectivity index (χ4n) is 3.88. The molecule has 0 atom stereocenters. The second-order valence-electron chi connectivity index (χ2n) is 8.98. The monoisotopic (exact) mass is 445 g/mol. The molecule has 0 aromatic carbocycles. The predicted molar refractivity (Wildman–Crippen MR) is 123 cm³/mol. The van der Waals surface area contributed by atoms with E-state index in [1.54, 1.807) is 19.6 Å². The van der Waals surface area contributed by atoms with Crippen LogP contribution in [0.25, 0.3) is 11.4 Å². The van der Waals surface area contributed by atoms with Crippen LogP contribution in [-0.2, 0) is 4.74 Å². The summed E-state index contributed by atoms with van der Waals surface area (Å²) in [7, 11) is 1.73. The van der Waals surface area contributed by atoms with Crippen LogP contribution in [0.4, 0.5) is 11.8 Å². The molecule has 2 heterocycles. The topological polar surface area (TPSA) is 96.9 Å². The average molecular weight is 446 g/mol. The molecule has 0 bridgehead atoms. The first-order valence-electron chi connectivity index (χ1n) is 11.1. The molecule has 2 aliphatic carbocycles. The van der Waals surface area contributed by atoms with Gasteiger partial charge in [0.2, 0.25) is 5.95 Å². The van der Waals surface area contributed by atoms with Crippen molar-refractivity contribution >= 4 is 23.4 Å². The Bertz CT molecular complexity index is 869. The van der Waals surface area contributed by atoms with Crippen molar-refractivity contribution in [3.63, 3.8) is 0 Å². The predicted octanol–water partition coefficient (Wildman–Crippen LogP) is 3.76. The smallest absolute Gasteiger partial charge is 0.223 e. The highest BCUT2D eigenvalue weighted by molar-refractivity contribution is 6.32. The number of methoxy groups -OCH3 is 1. The average Bonchev–Trinajstić information content (AvgIpc) is 3.53. The third-order valence-corrected chi connectivity index (χ3v) is 6.53. The van der Waals surface area contributed by atoms with Gasteiger partial charge in [-0.2, -0.15) is 0 Å². The van der Waals surface area contributed by atoms with Crippen LogP contribution in [0.2, 0.25) is 5.02 Å². The van der Waals surface area contributed by atoms with E-state index in [9.17, 15) is 0 Å². The van der Waals surface area contributed by atoms with Crippen molar-refractivity contribution in [1.82, 2.24) is 25.3 Å². The van der Waals surface area contributed by atoms with E-state index in [4.69, 9.17) is 16.3 Å². The Morgan fingerprint density at radius 2 is 1.90 bits per heavy atom. The van der Waals surface area contributed by atoms with Gasteiger partial charge in [0.05, 0.1) is 23.5 Å². The molecule has 2 aromatic heterocycles. The minimum absolute atomic E-state index is 0.358. The molecule has 0 radical (unpaired) electrons. The van der Waals surface area contributed by atoms with Gasteiger partial charge in [-0.1, -0.05) is 18.5 Å². The summed E-state index contributed by atoms with van der Waals surface area (Å²) < 4.78 is 5.11. The van der Waals surface area contributed by atoms with Crippen LogP contribution in [0, 0.1) is 5.41 Å². The first kappa shape index (κ1) is 22.2. The lowest BCUT2D eigenvalue weighted by Crippen LogP contribution is -2.38. The standard InChI is InChI=1S/C22H32ClN7O/c1-22(7-8-22)13-26-19-11-18(27-14-28-19)20-17(23)12-25-21(30-20)29-16-5-3-15(4-6-16)24-9-10-31-2/h11-12,14-16,24H,3-10,13H2,1-2H3,(H,25,29,30)(H,26,27,28). The van der Waals surface area contributed by atoms with Crippen molar-refractivity contribution < 1.29 is 4.74 Å². The highest BCUT2D eigenvalue weighted by Gasteiger charge is 2.36. The summed E-state index contributed by atoms with van der Waals surface area (Å²) in [5, 5.41) is 10.9. The van der Waals surface area contributed by atoms with Crippen LogP contribution in [0.5, 0.6) is 0 Å². The van der Waals surface area contributed by atoms with E-state index < -0.39 is 0 Å². The molecule has 31 heavy (non-hydrogen) atoms. The number of nitrogens with zero attached hydrogens (tertiary/aromatic N) is 4. The van der Waals surface area contributed by atoms with E-state index in [1.807, 2.05) is 6.07 Å². The Balaban J connectivity index is 1.36. The van der Waals surface area contributed by atoms with Gasteiger partial charge >= 0.3 is 0 Å². The number of anilines is 2. The van der Waals surface area contributed by atoms with Gasteiger partial charge in [-0.25, -0.2) is 19.9 Å². The van der Waals surface area contributed by atoms with Crippen molar-refractivity contribution in [3.05, 3.63) is 23.6 Å². The van der Waals surface area contributed by atoms with Gasteiger partial charge in [-0.3, -0.25) is 0 Å². The van der Waals surface area contributed by atoms with E-state index in [2.05, 4.69) is 42.8 Å². The number of rotatable bonds is 10. The minimum atomic E-state index is 0.358. The Hall–Kier alpha value is -2.03. The molecule has 3 N–H and O–H groups in total. The van der Waals surface area contributed by atoms with Crippen LogP contribution in [0.3, 0.4) is 0 Å². The molecule has 8 nitrogen and oxygen atoms in total. The van der Waals surface area contributed by atoms with Crippen LogP contribution < -0.4 is 16.0 Å². The summed E-state index contributed by atoms with van der Waals surface area (Å²) in [5.41, 5.74) is 1.71. The first-order valence-corrected chi connectivity index (χ1v) is 11.5. The number of hydrogen-bond donors (Lipinski definition) is 3. The molecule has 168 valence electrons. The Morgan fingerprint density at radius 3 is 2.65 bits per heavy atom. The largest absolute Gasteiger partial charge is 0.383 e. The zero-order valence-electron chi connectivity index (χ0n) is 18.3. The van der Waals surface area contributed by atoms with Gasteiger partial charge in [0.15, 0.2) is 0 Å². The Morgan fingerprint density at radius 1 is 1.13 bits per heavy atom. The molecule has 4 rings (SSSR count). The van der Waals surface area contributed by atoms with Gasteiger partial charge < -0.3 is 20.7 Å². The number of nitrogens with one attached hydrogen (secondary N) is 3. The van der Waals surface area contributed by atoms with Gasteiger partial charge in [0, 0.05) is 38.3 Å². The summed E-state index contributed by atoms with van der Waals surface area (Å²) in [6.45, 7) is 4.85. The molecule has 0 aliphatic heterocycles. The summed E-state index contributed by atoms with van der Waals surface area (Å²) >= 11 is 6.41. The van der Waals surface area contributed by atoms with E-state index in [0.717, 1.165) is 51.2 Å². The molecule has 2 aromatic rings. The molecule has 2 saturated carbocycles. The highest BCUT2D eigenvalue weighted by atomic mass is 35.5. The number of halogens is 1. The molecule has 9 heteroatoms. The van der Waals surface area contributed by atoms with Gasteiger partial charge in [-0.15, -0.1) is 0 Å². The lowest BCUT2D eigenvalue weighted by Gasteiger charge is -2.29. The SMILES string of the molecule is COCCNC1CCC(Nc2ncc(Cl)c(-c3cc(NCC4(C)CC4)ncn3)n2)CC1. The van der Waals surface area contributed by atoms with Crippen molar-refractivity contribution in [2.24, 2.45) is 5.41 Å². The van der Waals surface area contributed by atoms with Crippen molar-refractivity contribution in [1.29, 1.82) is 0 Å². The summed E-state index contributed by atoms with van der Waals surface area (Å²) in [5.74, 6) is 1.38. The van der Waals surface area contributed by atoms with Crippen LogP contribution in [0.15, 0.2) is 18.6 Å². The maximum atomic E-state index is 6.41. The maximum absolute atomic E-state index is 6.41. The molecule has 2 aliphatic rings. The minimum Gasteiger partial charge on any atom is -0.383 e. The normalized spacial score (nSPS) is 22.2. The molecule has 2 fully saturated rings. The fourth-order valence-corrected chi connectivity index (χ4v) is 4.07. The molecule has 0 saturated heterocycles. The fraction of sp³-hybridized carbons (Fsp3) is 0.636. The molecular weight excluding hydrogens is 414 g/mol. The number of hydrogen-bond acceptors (Lipinski definition) is 8. The third kappa shape index (κ3) is 6.24. The van der Waals surface area contributed by atoms with Gasteiger partial charge in [0.1, 0.15) is 17.8 Å². The second-order valence-corrected chi connectivity index (χ2v) is 9.39. The summed E-state index contributed by atoms with van der Waals surface area (Å²) in [6, 6.07) is 2.82. The van der Waals surface area contributed by atoms with Gasteiger partial charge in [-0.05, 0) is 43.9 Å². The number of aromatic nitrogens is 4.